The Kier molecular flexibility index (Phi) is 4.05. The van der Waals surface area contributed by atoms with Crippen LogP contribution in [0.3, 0.4) is 0 Å². The summed E-state index contributed by atoms with van der Waals surface area (Å²) in [7, 11) is 0. The molecule has 0 fully saturated rings. The summed E-state index contributed by atoms with van der Waals surface area (Å²) in [6.45, 7) is -0.209. The molecule has 0 radical (unpaired) electrons. The van der Waals surface area contributed by atoms with Crippen molar-refractivity contribution in [1.29, 1.82) is 0 Å². The predicted molar refractivity (Wildman–Crippen MR) is 74.6 cm³/mol. The lowest BCUT2D eigenvalue weighted by Crippen LogP contribution is -2.10. The number of aromatic nitrogens is 4. The SMILES string of the molecule is O=C(OCc1nnnn1-c1ccccc1)c1ccc(F)c(F)c1. The van der Waals surface area contributed by atoms with Crippen LogP contribution in [0.15, 0.2) is 48.5 Å². The molecule has 0 aliphatic rings. The van der Waals surface area contributed by atoms with Gasteiger partial charge in [0.25, 0.3) is 0 Å². The Balaban J connectivity index is 1.73. The van der Waals surface area contributed by atoms with Gasteiger partial charge >= 0.3 is 5.97 Å². The number of para-hydroxylation sites is 1. The number of benzene rings is 2. The number of esters is 1. The molecule has 0 N–H and O–H groups in total. The van der Waals surface area contributed by atoms with Gasteiger partial charge in [-0.1, -0.05) is 18.2 Å². The van der Waals surface area contributed by atoms with Crippen LogP contribution in [0.4, 0.5) is 8.78 Å². The zero-order valence-electron chi connectivity index (χ0n) is 11.7. The normalized spacial score (nSPS) is 10.5. The largest absolute Gasteiger partial charge is 0.454 e. The molecule has 0 spiro atoms. The van der Waals surface area contributed by atoms with E-state index in [-0.39, 0.29) is 12.2 Å². The first-order valence-corrected chi connectivity index (χ1v) is 6.60. The maximum Gasteiger partial charge on any atom is 0.338 e. The van der Waals surface area contributed by atoms with E-state index in [1.807, 2.05) is 18.2 Å². The fourth-order valence-electron chi connectivity index (χ4n) is 1.90. The molecule has 8 heteroatoms. The highest BCUT2D eigenvalue weighted by atomic mass is 19.2. The van der Waals surface area contributed by atoms with E-state index < -0.39 is 17.6 Å². The van der Waals surface area contributed by atoms with E-state index >= 15 is 0 Å². The second-order valence-corrected chi connectivity index (χ2v) is 4.55. The van der Waals surface area contributed by atoms with Gasteiger partial charge in [0.1, 0.15) is 0 Å². The summed E-state index contributed by atoms with van der Waals surface area (Å²) >= 11 is 0. The van der Waals surface area contributed by atoms with Crippen molar-refractivity contribution in [3.05, 3.63) is 71.6 Å². The number of nitrogens with zero attached hydrogens (tertiary/aromatic N) is 4. The van der Waals surface area contributed by atoms with Crippen LogP contribution < -0.4 is 0 Å². The number of hydrogen-bond acceptors (Lipinski definition) is 5. The van der Waals surface area contributed by atoms with Crippen LogP contribution in [0.25, 0.3) is 5.69 Å². The number of carbonyl (C=O) groups is 1. The minimum atomic E-state index is -1.12. The molecule has 6 nitrogen and oxygen atoms in total. The number of hydrogen-bond donors (Lipinski definition) is 0. The third kappa shape index (κ3) is 3.20. The number of carbonyl (C=O) groups excluding carboxylic acids is 1. The lowest BCUT2D eigenvalue weighted by Gasteiger charge is -2.06. The molecule has 2 aromatic carbocycles. The van der Waals surface area contributed by atoms with Crippen molar-refractivity contribution in [3.63, 3.8) is 0 Å². The van der Waals surface area contributed by atoms with Gasteiger partial charge in [0.2, 0.25) is 0 Å². The smallest absolute Gasteiger partial charge is 0.338 e. The molecular formula is C15H10F2N4O2. The van der Waals surface area contributed by atoms with Crippen molar-refractivity contribution < 1.29 is 18.3 Å². The summed E-state index contributed by atoms with van der Waals surface area (Å²) in [4.78, 5) is 11.9. The molecule has 0 aliphatic carbocycles. The van der Waals surface area contributed by atoms with Crippen LogP contribution in [0.1, 0.15) is 16.2 Å². The molecule has 0 saturated heterocycles. The van der Waals surface area contributed by atoms with Gasteiger partial charge in [-0.25, -0.2) is 13.6 Å². The van der Waals surface area contributed by atoms with Gasteiger partial charge in [0.15, 0.2) is 24.1 Å². The van der Waals surface area contributed by atoms with E-state index in [1.54, 1.807) is 12.1 Å². The van der Waals surface area contributed by atoms with Gasteiger partial charge in [-0.15, -0.1) is 5.10 Å². The molecule has 0 amide bonds. The molecule has 1 heterocycles. The number of ether oxygens (including phenoxy) is 1. The first-order valence-electron chi connectivity index (χ1n) is 6.60. The third-order valence-corrected chi connectivity index (χ3v) is 3.02. The Morgan fingerprint density at radius 1 is 1.09 bits per heavy atom. The molecule has 23 heavy (non-hydrogen) atoms. The van der Waals surface area contributed by atoms with E-state index in [9.17, 15) is 13.6 Å². The highest BCUT2D eigenvalue weighted by molar-refractivity contribution is 5.89. The Morgan fingerprint density at radius 2 is 1.87 bits per heavy atom. The number of rotatable bonds is 4. The minimum Gasteiger partial charge on any atom is -0.454 e. The van der Waals surface area contributed by atoms with Crippen molar-refractivity contribution in [2.75, 3.05) is 0 Å². The van der Waals surface area contributed by atoms with Crippen LogP contribution in [0.5, 0.6) is 0 Å². The standard InChI is InChI=1S/C15H10F2N4O2/c16-12-7-6-10(8-13(12)17)15(22)23-9-14-18-19-20-21(14)11-4-2-1-3-5-11/h1-8H,9H2. The van der Waals surface area contributed by atoms with Crippen LogP contribution in [0.2, 0.25) is 0 Å². The molecule has 0 unspecified atom stereocenters. The molecule has 1 aromatic heterocycles. The third-order valence-electron chi connectivity index (χ3n) is 3.02. The zero-order valence-corrected chi connectivity index (χ0v) is 11.7. The quantitative estimate of drug-likeness (QED) is 0.691. The average Bonchev–Trinajstić information content (AvgIpc) is 3.04. The van der Waals surface area contributed by atoms with Gasteiger partial charge in [-0.3, -0.25) is 0 Å². The zero-order chi connectivity index (χ0) is 16.2. The second-order valence-electron chi connectivity index (χ2n) is 4.55. The van der Waals surface area contributed by atoms with Crippen molar-refractivity contribution in [2.24, 2.45) is 0 Å². The van der Waals surface area contributed by atoms with E-state index in [4.69, 9.17) is 4.74 Å². The monoisotopic (exact) mass is 316 g/mol. The maximum atomic E-state index is 13.1. The van der Waals surface area contributed by atoms with Crippen molar-refractivity contribution >= 4 is 5.97 Å². The maximum absolute atomic E-state index is 13.1. The topological polar surface area (TPSA) is 69.9 Å². The van der Waals surface area contributed by atoms with Gasteiger partial charge < -0.3 is 4.74 Å². The molecule has 3 rings (SSSR count). The first kappa shape index (κ1) is 14.8. The molecule has 0 bridgehead atoms. The molecule has 116 valence electrons. The van der Waals surface area contributed by atoms with E-state index in [2.05, 4.69) is 15.5 Å². The molecule has 0 aliphatic heterocycles. The Labute approximate surface area is 129 Å². The molecule has 0 saturated carbocycles. The highest BCUT2D eigenvalue weighted by Crippen LogP contribution is 2.12. The predicted octanol–water partition coefficient (Wildman–Crippen LogP) is 2.30. The minimum absolute atomic E-state index is 0.0948. The second kappa shape index (κ2) is 6.30. The number of halogens is 2. The van der Waals surface area contributed by atoms with E-state index in [0.717, 1.165) is 18.2 Å². The molecular weight excluding hydrogens is 306 g/mol. The van der Waals surface area contributed by atoms with Crippen LogP contribution >= 0.6 is 0 Å². The van der Waals surface area contributed by atoms with Gasteiger partial charge in [0, 0.05) is 0 Å². The molecule has 3 aromatic rings. The summed E-state index contributed by atoms with van der Waals surface area (Å²) in [5.41, 5.74) is 0.610. The molecule has 0 atom stereocenters. The lowest BCUT2D eigenvalue weighted by molar-refractivity contribution is 0.0459. The van der Waals surface area contributed by atoms with Crippen LogP contribution in [0, 0.1) is 11.6 Å². The van der Waals surface area contributed by atoms with E-state index in [0.29, 0.717) is 11.5 Å². The fourth-order valence-corrected chi connectivity index (χ4v) is 1.90. The van der Waals surface area contributed by atoms with Crippen molar-refractivity contribution in [2.45, 2.75) is 6.61 Å². The van der Waals surface area contributed by atoms with Gasteiger partial charge in [0.05, 0.1) is 11.3 Å². The van der Waals surface area contributed by atoms with Gasteiger partial charge in [-0.05, 0) is 40.8 Å². The van der Waals surface area contributed by atoms with Crippen LogP contribution in [-0.2, 0) is 11.3 Å². The summed E-state index contributed by atoms with van der Waals surface area (Å²) in [6.07, 6.45) is 0. The summed E-state index contributed by atoms with van der Waals surface area (Å²) in [5.74, 6) is -2.65. The lowest BCUT2D eigenvalue weighted by atomic mass is 10.2. The number of tetrazole rings is 1. The summed E-state index contributed by atoms with van der Waals surface area (Å²) < 4.78 is 32.4. The Morgan fingerprint density at radius 3 is 2.61 bits per heavy atom. The van der Waals surface area contributed by atoms with Crippen molar-refractivity contribution in [1.82, 2.24) is 20.2 Å². The summed E-state index contributed by atoms with van der Waals surface area (Å²) in [6, 6.07) is 11.8. The van der Waals surface area contributed by atoms with Crippen molar-refractivity contribution in [3.8, 4) is 5.69 Å². The van der Waals surface area contributed by atoms with Crippen LogP contribution in [-0.4, -0.2) is 26.2 Å². The first-order chi connectivity index (χ1) is 11.1. The van der Waals surface area contributed by atoms with Gasteiger partial charge in [-0.2, -0.15) is 4.68 Å². The summed E-state index contributed by atoms with van der Waals surface area (Å²) in [5, 5.41) is 11.1. The average molecular weight is 316 g/mol. The highest BCUT2D eigenvalue weighted by Gasteiger charge is 2.14. The fraction of sp³-hybridized carbons (Fsp3) is 0.0667. The Hall–Kier alpha value is -3.16. The Bertz CT molecular complexity index is 837. The van der Waals surface area contributed by atoms with E-state index in [1.165, 1.54) is 4.68 Å².